The standard InChI is InChI=1S/C23H31F2N5O2/c1-22(32,23(24,25)18-10-5-4-6-11-18)16-15-19-12-9-14-21(31)30(19)17-8-3-2-7-13-20-26-28-29-27-20/h4-6,10-11,15-16,19,32H,2-3,7-9,12-14,17H2,1H3,(H,26,27,28,29)/b16-15+/t19-,22-/m1/s1. The van der Waals surface area contributed by atoms with Crippen molar-refractivity contribution >= 4 is 5.91 Å². The molecule has 0 aliphatic carbocycles. The molecule has 1 saturated heterocycles. The maximum absolute atomic E-state index is 14.9. The van der Waals surface area contributed by atoms with Gasteiger partial charge in [-0.25, -0.2) is 5.10 Å². The Labute approximate surface area is 186 Å². The fourth-order valence-corrected chi connectivity index (χ4v) is 3.99. The Morgan fingerprint density at radius 3 is 2.69 bits per heavy atom. The number of halogens is 2. The Hall–Kier alpha value is -2.68. The van der Waals surface area contributed by atoms with Gasteiger partial charge in [-0.05, 0) is 49.1 Å². The van der Waals surface area contributed by atoms with Crippen molar-refractivity contribution in [2.24, 2.45) is 0 Å². The SMILES string of the molecule is C[C@@](O)(/C=C/[C@H]1CCCC(=O)N1CCCCCCc1nnn[nH]1)C(F)(F)c1ccccc1. The number of rotatable bonds is 11. The zero-order chi connectivity index (χ0) is 23.0. The van der Waals surface area contributed by atoms with Crippen LogP contribution in [0.5, 0.6) is 0 Å². The van der Waals surface area contributed by atoms with E-state index in [-0.39, 0.29) is 17.5 Å². The molecule has 3 rings (SSSR count). The summed E-state index contributed by atoms with van der Waals surface area (Å²) in [7, 11) is 0. The lowest BCUT2D eigenvalue weighted by atomic mass is 9.89. The summed E-state index contributed by atoms with van der Waals surface area (Å²) in [5.74, 6) is -2.65. The number of benzene rings is 1. The van der Waals surface area contributed by atoms with Crippen molar-refractivity contribution in [3.8, 4) is 0 Å². The van der Waals surface area contributed by atoms with E-state index in [0.29, 0.717) is 25.8 Å². The van der Waals surface area contributed by atoms with Crippen LogP contribution in [0.3, 0.4) is 0 Å². The number of tetrazole rings is 1. The lowest BCUT2D eigenvalue weighted by molar-refractivity contribution is -0.152. The van der Waals surface area contributed by atoms with E-state index >= 15 is 0 Å². The van der Waals surface area contributed by atoms with Crippen LogP contribution < -0.4 is 0 Å². The van der Waals surface area contributed by atoms with Crippen LogP contribution in [0.15, 0.2) is 42.5 Å². The monoisotopic (exact) mass is 447 g/mol. The summed E-state index contributed by atoms with van der Waals surface area (Å²) in [4.78, 5) is 14.2. The van der Waals surface area contributed by atoms with Crippen molar-refractivity contribution in [3.63, 3.8) is 0 Å². The lowest BCUT2D eigenvalue weighted by Gasteiger charge is -2.35. The molecule has 1 aliphatic heterocycles. The van der Waals surface area contributed by atoms with E-state index < -0.39 is 11.5 Å². The highest BCUT2D eigenvalue weighted by molar-refractivity contribution is 5.77. The molecule has 1 aliphatic rings. The number of aromatic amines is 1. The van der Waals surface area contributed by atoms with Crippen LogP contribution in [-0.2, 0) is 17.1 Å². The third kappa shape index (κ3) is 5.97. The molecule has 2 heterocycles. The second-order valence-electron chi connectivity index (χ2n) is 8.51. The molecule has 1 aromatic carbocycles. The number of carbonyl (C=O) groups excluding carboxylic acids is 1. The third-order valence-corrected chi connectivity index (χ3v) is 5.98. The first-order valence-electron chi connectivity index (χ1n) is 11.2. The number of hydrogen-bond donors (Lipinski definition) is 2. The van der Waals surface area contributed by atoms with Crippen LogP contribution in [0.2, 0.25) is 0 Å². The molecular weight excluding hydrogens is 416 g/mol. The molecule has 0 saturated carbocycles. The van der Waals surface area contributed by atoms with Gasteiger partial charge < -0.3 is 10.0 Å². The summed E-state index contributed by atoms with van der Waals surface area (Å²) >= 11 is 0. The molecule has 1 amide bonds. The zero-order valence-electron chi connectivity index (χ0n) is 18.4. The molecular formula is C23H31F2N5O2. The number of likely N-dealkylation sites (tertiary alicyclic amines) is 1. The van der Waals surface area contributed by atoms with Crippen LogP contribution in [0.4, 0.5) is 8.78 Å². The molecule has 2 atom stereocenters. The molecule has 1 fully saturated rings. The normalized spacial score (nSPS) is 19.4. The van der Waals surface area contributed by atoms with Crippen molar-refractivity contribution in [1.29, 1.82) is 0 Å². The van der Waals surface area contributed by atoms with Crippen molar-refractivity contribution in [1.82, 2.24) is 25.5 Å². The lowest BCUT2D eigenvalue weighted by Crippen LogP contribution is -2.45. The molecule has 7 nitrogen and oxygen atoms in total. The average molecular weight is 448 g/mol. The van der Waals surface area contributed by atoms with Crippen LogP contribution in [0, 0.1) is 0 Å². The molecule has 2 aromatic rings. The van der Waals surface area contributed by atoms with Gasteiger partial charge in [0, 0.05) is 24.9 Å². The zero-order valence-corrected chi connectivity index (χ0v) is 18.4. The number of H-pyrrole nitrogens is 1. The Kier molecular flexibility index (Phi) is 8.06. The fraction of sp³-hybridized carbons (Fsp3) is 0.565. The molecule has 1 aromatic heterocycles. The molecule has 0 unspecified atom stereocenters. The van der Waals surface area contributed by atoms with Gasteiger partial charge in [0.25, 0.3) is 0 Å². The quantitative estimate of drug-likeness (QED) is 0.404. The molecule has 2 N–H and O–H groups in total. The number of alkyl halides is 2. The second-order valence-corrected chi connectivity index (χ2v) is 8.51. The number of aryl methyl sites for hydroxylation is 1. The van der Waals surface area contributed by atoms with Crippen LogP contribution in [0.1, 0.15) is 63.3 Å². The van der Waals surface area contributed by atoms with Crippen molar-refractivity contribution in [2.45, 2.75) is 75.9 Å². The summed E-state index contributed by atoms with van der Waals surface area (Å²) in [6.45, 7) is 1.68. The van der Waals surface area contributed by atoms with E-state index in [1.807, 2.05) is 0 Å². The van der Waals surface area contributed by atoms with Crippen LogP contribution >= 0.6 is 0 Å². The number of aromatic nitrogens is 4. The van der Waals surface area contributed by atoms with E-state index in [2.05, 4.69) is 20.6 Å². The molecule has 0 bridgehead atoms. The second kappa shape index (κ2) is 10.8. The number of unbranched alkanes of at least 4 members (excludes halogenated alkanes) is 3. The summed E-state index contributed by atoms with van der Waals surface area (Å²) in [5, 5.41) is 24.2. The maximum atomic E-state index is 14.9. The largest absolute Gasteiger partial charge is 0.379 e. The van der Waals surface area contributed by atoms with E-state index in [4.69, 9.17) is 0 Å². The molecule has 32 heavy (non-hydrogen) atoms. The van der Waals surface area contributed by atoms with Gasteiger partial charge in [-0.1, -0.05) is 49.2 Å². The number of nitrogens with zero attached hydrogens (tertiary/aromatic N) is 4. The number of nitrogens with one attached hydrogen (secondary N) is 1. The summed E-state index contributed by atoms with van der Waals surface area (Å²) in [6.07, 6.45) is 9.12. The van der Waals surface area contributed by atoms with Gasteiger partial charge in [0.2, 0.25) is 5.91 Å². The smallest absolute Gasteiger partial charge is 0.304 e. The van der Waals surface area contributed by atoms with Crippen molar-refractivity contribution in [2.75, 3.05) is 6.54 Å². The van der Waals surface area contributed by atoms with Gasteiger partial charge in [0.05, 0.1) is 6.04 Å². The first-order chi connectivity index (χ1) is 15.3. The van der Waals surface area contributed by atoms with Crippen molar-refractivity contribution < 1.29 is 18.7 Å². The first kappa shape index (κ1) is 24.0. The highest BCUT2D eigenvalue weighted by Crippen LogP contribution is 2.40. The molecule has 0 radical (unpaired) electrons. The van der Waals surface area contributed by atoms with Crippen LogP contribution in [0.25, 0.3) is 0 Å². The van der Waals surface area contributed by atoms with E-state index in [9.17, 15) is 18.7 Å². The summed E-state index contributed by atoms with van der Waals surface area (Å²) in [5.41, 5.74) is -2.61. The summed E-state index contributed by atoms with van der Waals surface area (Å²) < 4.78 is 29.8. The minimum Gasteiger partial charge on any atom is -0.379 e. The van der Waals surface area contributed by atoms with Gasteiger partial charge in [-0.2, -0.15) is 8.78 Å². The highest BCUT2D eigenvalue weighted by atomic mass is 19.3. The van der Waals surface area contributed by atoms with Gasteiger partial charge in [-0.3, -0.25) is 4.79 Å². The Bertz CT molecular complexity index is 872. The number of hydrogen-bond acceptors (Lipinski definition) is 5. The fourth-order valence-electron chi connectivity index (χ4n) is 3.99. The average Bonchev–Trinajstić information content (AvgIpc) is 3.30. The number of carbonyl (C=O) groups is 1. The Morgan fingerprint density at radius 2 is 1.97 bits per heavy atom. The van der Waals surface area contributed by atoms with E-state index in [1.165, 1.54) is 24.3 Å². The Morgan fingerprint density at radius 1 is 1.22 bits per heavy atom. The molecule has 174 valence electrons. The van der Waals surface area contributed by atoms with Crippen LogP contribution in [-0.4, -0.2) is 54.7 Å². The van der Waals surface area contributed by atoms with Gasteiger partial charge in [0.15, 0.2) is 0 Å². The highest BCUT2D eigenvalue weighted by Gasteiger charge is 2.48. The summed E-state index contributed by atoms with van der Waals surface area (Å²) in [6, 6.07) is 7.02. The molecule has 0 spiro atoms. The third-order valence-electron chi connectivity index (χ3n) is 5.98. The predicted octanol–water partition coefficient (Wildman–Crippen LogP) is 3.78. The maximum Gasteiger partial charge on any atom is 0.304 e. The first-order valence-corrected chi connectivity index (χ1v) is 11.2. The minimum atomic E-state index is -3.45. The van der Waals surface area contributed by atoms with Gasteiger partial charge in [-0.15, -0.1) is 5.10 Å². The predicted molar refractivity (Wildman–Crippen MR) is 116 cm³/mol. The van der Waals surface area contributed by atoms with Crippen molar-refractivity contribution in [3.05, 3.63) is 53.9 Å². The molecule has 9 heteroatoms. The number of aliphatic hydroxyl groups is 1. The minimum absolute atomic E-state index is 0.0353. The Balaban J connectivity index is 1.54. The van der Waals surface area contributed by atoms with E-state index in [1.54, 1.807) is 17.0 Å². The van der Waals surface area contributed by atoms with Gasteiger partial charge in [0.1, 0.15) is 11.4 Å². The van der Waals surface area contributed by atoms with E-state index in [0.717, 1.165) is 50.9 Å². The topological polar surface area (TPSA) is 95.0 Å². The van der Waals surface area contributed by atoms with Gasteiger partial charge >= 0.3 is 5.92 Å². The number of amides is 1. The number of piperidine rings is 1.